The molecule has 0 amide bonds. The smallest absolute Gasteiger partial charge is 0.241 e. The molecular weight excluding hydrogens is 268 g/mol. The fourth-order valence-corrected chi connectivity index (χ4v) is 2.97. The molecule has 3 heterocycles. The predicted molar refractivity (Wildman–Crippen MR) is 83.0 cm³/mol. The van der Waals surface area contributed by atoms with E-state index in [0.29, 0.717) is 17.6 Å². The SMILES string of the molecule is CCC1CN(C)CCCN1c1nc(NN)nc2[nH]ncc12. The summed E-state index contributed by atoms with van der Waals surface area (Å²) < 4.78 is 0. The van der Waals surface area contributed by atoms with E-state index in [1.165, 1.54) is 0 Å². The zero-order chi connectivity index (χ0) is 14.8. The molecule has 0 saturated carbocycles. The van der Waals surface area contributed by atoms with Crippen LogP contribution >= 0.6 is 0 Å². The van der Waals surface area contributed by atoms with Gasteiger partial charge in [-0.2, -0.15) is 15.1 Å². The molecule has 8 heteroatoms. The number of nitrogens with one attached hydrogen (secondary N) is 2. The molecule has 3 rings (SSSR count). The molecule has 1 fully saturated rings. The molecule has 1 atom stereocenters. The van der Waals surface area contributed by atoms with E-state index < -0.39 is 0 Å². The third-order valence-corrected chi connectivity index (χ3v) is 4.06. The number of nitrogen functional groups attached to an aromatic ring is 1. The Kier molecular flexibility index (Phi) is 3.89. The van der Waals surface area contributed by atoms with Crippen LogP contribution in [0.4, 0.5) is 11.8 Å². The first-order chi connectivity index (χ1) is 10.2. The molecule has 21 heavy (non-hydrogen) atoms. The monoisotopic (exact) mass is 290 g/mol. The number of anilines is 2. The van der Waals surface area contributed by atoms with Crippen molar-refractivity contribution >= 4 is 22.8 Å². The Morgan fingerprint density at radius 1 is 1.43 bits per heavy atom. The highest BCUT2D eigenvalue weighted by Gasteiger charge is 2.25. The second-order valence-corrected chi connectivity index (χ2v) is 5.52. The quantitative estimate of drug-likeness (QED) is 0.561. The molecule has 2 aromatic rings. The molecule has 2 aromatic heterocycles. The van der Waals surface area contributed by atoms with Gasteiger partial charge in [0.2, 0.25) is 5.95 Å². The summed E-state index contributed by atoms with van der Waals surface area (Å²) in [5, 5.41) is 7.93. The van der Waals surface area contributed by atoms with E-state index in [0.717, 1.165) is 43.7 Å². The molecule has 4 N–H and O–H groups in total. The van der Waals surface area contributed by atoms with E-state index in [4.69, 9.17) is 5.84 Å². The van der Waals surface area contributed by atoms with Crippen molar-refractivity contribution in [2.45, 2.75) is 25.8 Å². The lowest BCUT2D eigenvalue weighted by molar-refractivity contribution is 0.328. The lowest BCUT2D eigenvalue weighted by Gasteiger charge is -2.31. The van der Waals surface area contributed by atoms with Crippen LogP contribution in [0.5, 0.6) is 0 Å². The van der Waals surface area contributed by atoms with Gasteiger partial charge in [0.1, 0.15) is 5.82 Å². The molecule has 114 valence electrons. The molecule has 8 nitrogen and oxygen atoms in total. The van der Waals surface area contributed by atoms with Crippen molar-refractivity contribution in [1.29, 1.82) is 0 Å². The molecular formula is C13H22N8. The minimum Gasteiger partial charge on any atom is -0.352 e. The number of nitrogens with zero attached hydrogens (tertiary/aromatic N) is 5. The van der Waals surface area contributed by atoms with Gasteiger partial charge in [0.25, 0.3) is 0 Å². The largest absolute Gasteiger partial charge is 0.352 e. The number of nitrogens with two attached hydrogens (primary N) is 1. The molecule has 0 spiro atoms. The number of fused-ring (bicyclic) bond motifs is 1. The highest BCUT2D eigenvalue weighted by molar-refractivity contribution is 5.87. The van der Waals surface area contributed by atoms with E-state index in [9.17, 15) is 0 Å². The third kappa shape index (κ3) is 2.64. The predicted octanol–water partition coefficient (Wildman–Crippen LogP) is 0.559. The molecule has 0 aromatic carbocycles. The first-order valence-corrected chi connectivity index (χ1v) is 7.35. The van der Waals surface area contributed by atoms with Crippen LogP contribution in [0.15, 0.2) is 6.20 Å². The standard InChI is InChI=1S/C13H22N8/c1-3-9-8-20(2)5-4-6-21(9)12-10-7-15-19-11(10)16-13(17-12)18-14/h7,9H,3-6,8,14H2,1-2H3,(H2,15,16,17,18,19). The van der Waals surface area contributed by atoms with E-state index in [1.54, 1.807) is 6.20 Å². The van der Waals surface area contributed by atoms with Crippen molar-refractivity contribution in [1.82, 2.24) is 25.1 Å². The highest BCUT2D eigenvalue weighted by atomic mass is 15.3. The van der Waals surface area contributed by atoms with Crippen LogP contribution in [-0.2, 0) is 0 Å². The fourth-order valence-electron chi connectivity index (χ4n) is 2.97. The minimum absolute atomic E-state index is 0.411. The lowest BCUT2D eigenvalue weighted by atomic mass is 10.1. The molecule has 0 aliphatic carbocycles. The Balaban J connectivity index is 2.06. The summed E-state index contributed by atoms with van der Waals surface area (Å²) in [5.41, 5.74) is 3.25. The number of rotatable bonds is 3. The van der Waals surface area contributed by atoms with Gasteiger partial charge in [-0.05, 0) is 26.4 Å². The number of hydrazine groups is 1. The Labute approximate surface area is 123 Å². The third-order valence-electron chi connectivity index (χ3n) is 4.06. The zero-order valence-electron chi connectivity index (χ0n) is 12.5. The molecule has 1 saturated heterocycles. The Morgan fingerprint density at radius 2 is 2.29 bits per heavy atom. The molecule has 0 radical (unpaired) electrons. The average Bonchev–Trinajstić information content (AvgIpc) is 2.89. The average molecular weight is 290 g/mol. The first kappa shape index (κ1) is 14.0. The molecule has 1 unspecified atom stereocenters. The number of likely N-dealkylation sites (N-methyl/N-ethyl adjacent to an activating group) is 1. The summed E-state index contributed by atoms with van der Waals surface area (Å²) in [6, 6.07) is 0.427. The lowest BCUT2D eigenvalue weighted by Crippen LogP contribution is -2.40. The van der Waals surface area contributed by atoms with Gasteiger partial charge in [-0.1, -0.05) is 6.92 Å². The van der Waals surface area contributed by atoms with Gasteiger partial charge in [0, 0.05) is 19.1 Å². The van der Waals surface area contributed by atoms with Crippen LogP contribution in [0.2, 0.25) is 0 Å². The Morgan fingerprint density at radius 3 is 3.05 bits per heavy atom. The zero-order valence-corrected chi connectivity index (χ0v) is 12.5. The summed E-state index contributed by atoms with van der Waals surface area (Å²) >= 11 is 0. The number of H-pyrrole nitrogens is 1. The molecule has 1 aliphatic rings. The van der Waals surface area contributed by atoms with Crippen LogP contribution in [0.1, 0.15) is 19.8 Å². The van der Waals surface area contributed by atoms with Crippen LogP contribution in [0.25, 0.3) is 11.0 Å². The maximum absolute atomic E-state index is 5.49. The summed E-state index contributed by atoms with van der Waals surface area (Å²) in [4.78, 5) is 13.6. The number of hydrogen-bond donors (Lipinski definition) is 3. The second-order valence-electron chi connectivity index (χ2n) is 5.52. The van der Waals surface area contributed by atoms with E-state index in [2.05, 4.69) is 49.4 Å². The van der Waals surface area contributed by atoms with Gasteiger partial charge < -0.3 is 9.80 Å². The maximum atomic E-state index is 5.49. The number of aromatic amines is 1. The van der Waals surface area contributed by atoms with E-state index >= 15 is 0 Å². The minimum atomic E-state index is 0.411. The summed E-state index contributed by atoms with van der Waals surface area (Å²) in [6.45, 7) is 5.33. The van der Waals surface area contributed by atoms with Crippen LogP contribution in [0, 0.1) is 0 Å². The summed E-state index contributed by atoms with van der Waals surface area (Å²) in [7, 11) is 2.17. The second kappa shape index (κ2) is 5.82. The highest BCUT2D eigenvalue weighted by Crippen LogP contribution is 2.27. The topological polar surface area (TPSA) is 99.0 Å². The fraction of sp³-hybridized carbons (Fsp3) is 0.615. The van der Waals surface area contributed by atoms with Crippen molar-refractivity contribution in [2.24, 2.45) is 5.84 Å². The Hall–Kier alpha value is -1.93. The van der Waals surface area contributed by atoms with Crippen LogP contribution in [0.3, 0.4) is 0 Å². The first-order valence-electron chi connectivity index (χ1n) is 7.35. The number of aromatic nitrogens is 4. The number of hydrogen-bond acceptors (Lipinski definition) is 7. The summed E-state index contributed by atoms with van der Waals surface area (Å²) in [5.74, 6) is 6.81. The van der Waals surface area contributed by atoms with Crippen molar-refractivity contribution in [3.05, 3.63) is 6.20 Å². The molecule has 0 bridgehead atoms. The van der Waals surface area contributed by atoms with E-state index in [-0.39, 0.29) is 0 Å². The summed E-state index contributed by atoms with van der Waals surface area (Å²) in [6.07, 6.45) is 3.97. The van der Waals surface area contributed by atoms with Gasteiger partial charge in [0.05, 0.1) is 11.6 Å². The van der Waals surface area contributed by atoms with E-state index in [1.807, 2.05) is 0 Å². The Bertz CT molecular complexity index is 609. The van der Waals surface area contributed by atoms with Gasteiger partial charge in [-0.15, -0.1) is 0 Å². The van der Waals surface area contributed by atoms with Crippen molar-refractivity contribution in [3.8, 4) is 0 Å². The van der Waals surface area contributed by atoms with Gasteiger partial charge in [-0.25, -0.2) is 5.84 Å². The maximum Gasteiger partial charge on any atom is 0.241 e. The molecule has 1 aliphatic heterocycles. The van der Waals surface area contributed by atoms with Crippen molar-refractivity contribution < 1.29 is 0 Å². The van der Waals surface area contributed by atoms with Gasteiger partial charge in [0.15, 0.2) is 5.65 Å². The van der Waals surface area contributed by atoms with Crippen molar-refractivity contribution in [3.63, 3.8) is 0 Å². The van der Waals surface area contributed by atoms with Crippen LogP contribution in [-0.4, -0.2) is 57.8 Å². The van der Waals surface area contributed by atoms with Crippen molar-refractivity contribution in [2.75, 3.05) is 37.0 Å². The normalized spacial score (nSPS) is 20.7. The van der Waals surface area contributed by atoms with Gasteiger partial charge >= 0.3 is 0 Å². The van der Waals surface area contributed by atoms with Crippen LogP contribution < -0.4 is 16.2 Å². The van der Waals surface area contributed by atoms with Gasteiger partial charge in [-0.3, -0.25) is 10.5 Å².